The Morgan fingerprint density at radius 2 is 2.00 bits per heavy atom. The van der Waals surface area contributed by atoms with E-state index in [1.165, 1.54) is 0 Å². The smallest absolute Gasteiger partial charge is 0.00239 e. The fourth-order valence-corrected chi connectivity index (χ4v) is 0.471. The molecule has 1 radical (unpaired) electrons. The van der Waals surface area contributed by atoms with Crippen LogP contribution in [0.25, 0.3) is 0 Å². The first-order chi connectivity index (χ1) is 2.77. The van der Waals surface area contributed by atoms with Crippen molar-refractivity contribution < 1.29 is 0 Å². The molecule has 1 heteroatoms. The van der Waals surface area contributed by atoms with Gasteiger partial charge in [-0.3, -0.25) is 0 Å². The van der Waals surface area contributed by atoms with Crippen molar-refractivity contribution in [1.29, 1.82) is 0 Å². The Labute approximate surface area is 44.7 Å². The number of hydrogen-bond donors (Lipinski definition) is 0. The van der Waals surface area contributed by atoms with Crippen LogP contribution in [0.4, 0.5) is 0 Å². The number of rotatable bonds is 1. The van der Waals surface area contributed by atoms with Crippen molar-refractivity contribution in [1.82, 2.24) is 0 Å². The fraction of sp³-hybridized carbons (Fsp3) is 0.600. The SMILES string of the molecule is CC(C)C=C[S]. The minimum atomic E-state index is 0.613. The lowest BCUT2D eigenvalue weighted by Gasteiger charge is -1.86. The van der Waals surface area contributed by atoms with Crippen LogP contribution in [0.3, 0.4) is 0 Å². The molecule has 35 valence electrons. The number of hydrogen-bond acceptors (Lipinski definition) is 0. The molecule has 0 heterocycles. The van der Waals surface area contributed by atoms with Crippen LogP contribution >= 0.6 is 12.6 Å². The predicted molar refractivity (Wildman–Crippen MR) is 31.6 cm³/mol. The highest BCUT2D eigenvalue weighted by Crippen LogP contribution is 1.92. The third kappa shape index (κ3) is 3.96. The van der Waals surface area contributed by atoms with E-state index in [0.29, 0.717) is 5.92 Å². The van der Waals surface area contributed by atoms with Gasteiger partial charge in [-0.15, -0.1) is 0 Å². The summed E-state index contributed by atoms with van der Waals surface area (Å²) >= 11 is 4.55. The van der Waals surface area contributed by atoms with Crippen molar-refractivity contribution in [2.45, 2.75) is 13.8 Å². The van der Waals surface area contributed by atoms with E-state index in [4.69, 9.17) is 0 Å². The Balaban J connectivity index is 3.03. The molecule has 0 unspecified atom stereocenters. The van der Waals surface area contributed by atoms with E-state index in [9.17, 15) is 0 Å². The zero-order valence-electron chi connectivity index (χ0n) is 4.14. The highest BCUT2D eigenvalue weighted by molar-refractivity contribution is 7.83. The Morgan fingerprint density at radius 1 is 1.50 bits per heavy atom. The van der Waals surface area contributed by atoms with Gasteiger partial charge in [0.1, 0.15) is 0 Å². The molecular weight excluding hydrogens is 92.1 g/mol. The topological polar surface area (TPSA) is 0 Å². The summed E-state index contributed by atoms with van der Waals surface area (Å²) in [5.41, 5.74) is 0. The molecule has 6 heavy (non-hydrogen) atoms. The average molecular weight is 101 g/mol. The Hall–Kier alpha value is -0.0400. The second-order valence-electron chi connectivity index (χ2n) is 1.57. The minimum Gasteiger partial charge on any atom is -0.0891 e. The molecule has 0 aliphatic heterocycles. The van der Waals surface area contributed by atoms with E-state index in [0.717, 1.165) is 0 Å². The van der Waals surface area contributed by atoms with Gasteiger partial charge in [0, 0.05) is 0 Å². The van der Waals surface area contributed by atoms with E-state index in [1.807, 2.05) is 6.08 Å². The van der Waals surface area contributed by atoms with Gasteiger partial charge in [-0.25, -0.2) is 0 Å². The summed E-state index contributed by atoms with van der Waals surface area (Å²) in [5, 5.41) is 1.66. The van der Waals surface area contributed by atoms with E-state index in [2.05, 4.69) is 26.5 Å². The molecule has 0 nitrogen and oxygen atoms in total. The Morgan fingerprint density at radius 3 is 2.00 bits per heavy atom. The molecule has 0 spiro atoms. The van der Waals surface area contributed by atoms with E-state index < -0.39 is 0 Å². The number of allylic oxidation sites excluding steroid dienone is 1. The molecule has 0 aromatic heterocycles. The lowest BCUT2D eigenvalue weighted by atomic mass is 10.2. The lowest BCUT2D eigenvalue weighted by Crippen LogP contribution is -1.72. The summed E-state index contributed by atoms with van der Waals surface area (Å²) in [4.78, 5) is 0. The average Bonchev–Trinajstić information content (AvgIpc) is 1.35. The third-order valence-corrected chi connectivity index (χ3v) is 0.621. The standard InChI is InChI=1S/C5H9S/c1-5(2)3-4-6/h3-5H,1-2H3. The van der Waals surface area contributed by atoms with Gasteiger partial charge in [-0.1, -0.05) is 32.6 Å². The Bertz CT molecular complexity index is 45.9. The molecule has 0 aliphatic carbocycles. The summed E-state index contributed by atoms with van der Waals surface area (Å²) in [6.07, 6.45) is 1.98. The van der Waals surface area contributed by atoms with Crippen molar-refractivity contribution in [3.8, 4) is 0 Å². The molecule has 0 aliphatic rings. The van der Waals surface area contributed by atoms with Crippen molar-refractivity contribution >= 4 is 12.6 Å². The van der Waals surface area contributed by atoms with Gasteiger partial charge in [0.15, 0.2) is 0 Å². The monoisotopic (exact) mass is 101 g/mol. The summed E-state index contributed by atoms with van der Waals surface area (Å²) in [6.45, 7) is 4.20. The molecule has 0 atom stereocenters. The maximum Gasteiger partial charge on any atom is -0.00239 e. The largest absolute Gasteiger partial charge is 0.0891 e. The van der Waals surface area contributed by atoms with Crippen LogP contribution < -0.4 is 0 Å². The molecule has 0 N–H and O–H groups in total. The van der Waals surface area contributed by atoms with Gasteiger partial charge in [0.25, 0.3) is 0 Å². The summed E-state index contributed by atoms with van der Waals surface area (Å²) in [7, 11) is 0. The molecule has 0 amide bonds. The van der Waals surface area contributed by atoms with E-state index in [1.54, 1.807) is 5.41 Å². The van der Waals surface area contributed by atoms with Crippen LogP contribution in [0, 0.1) is 5.92 Å². The lowest BCUT2D eigenvalue weighted by molar-refractivity contribution is 0.834. The highest BCUT2D eigenvalue weighted by Gasteiger charge is 1.77. The van der Waals surface area contributed by atoms with Crippen LogP contribution in [0.15, 0.2) is 11.5 Å². The van der Waals surface area contributed by atoms with Crippen LogP contribution in [-0.4, -0.2) is 0 Å². The van der Waals surface area contributed by atoms with Crippen LogP contribution in [-0.2, 0) is 0 Å². The van der Waals surface area contributed by atoms with Gasteiger partial charge in [-0.2, -0.15) is 0 Å². The zero-order chi connectivity index (χ0) is 4.99. The maximum atomic E-state index is 4.55. The molecule has 0 aromatic rings. The molecule has 0 bridgehead atoms. The maximum absolute atomic E-state index is 4.55. The predicted octanol–water partition coefficient (Wildman–Crippen LogP) is 2.35. The highest BCUT2D eigenvalue weighted by atomic mass is 32.1. The molecule has 0 fully saturated rings. The normalized spacial score (nSPS) is 11.2. The van der Waals surface area contributed by atoms with Crippen LogP contribution in [0.5, 0.6) is 0 Å². The molecule has 0 saturated carbocycles. The molecule has 0 rings (SSSR count). The van der Waals surface area contributed by atoms with Gasteiger partial charge < -0.3 is 0 Å². The van der Waals surface area contributed by atoms with Crippen molar-refractivity contribution in [2.75, 3.05) is 0 Å². The quantitative estimate of drug-likeness (QED) is 0.475. The summed E-state index contributed by atoms with van der Waals surface area (Å²) in [5.74, 6) is 0.613. The van der Waals surface area contributed by atoms with Gasteiger partial charge in [-0.05, 0) is 11.3 Å². The zero-order valence-corrected chi connectivity index (χ0v) is 4.96. The summed E-state index contributed by atoms with van der Waals surface area (Å²) < 4.78 is 0. The molecule has 0 aromatic carbocycles. The molecule has 0 saturated heterocycles. The van der Waals surface area contributed by atoms with Gasteiger partial charge in [0.2, 0.25) is 0 Å². The second-order valence-corrected chi connectivity index (χ2v) is 1.84. The van der Waals surface area contributed by atoms with Crippen LogP contribution in [0.2, 0.25) is 0 Å². The fourth-order valence-electron chi connectivity index (χ4n) is 0.157. The molecular formula is C5H9S. The van der Waals surface area contributed by atoms with Gasteiger partial charge in [0.05, 0.1) is 0 Å². The Kier molecular flexibility index (Phi) is 3.14. The minimum absolute atomic E-state index is 0.613. The van der Waals surface area contributed by atoms with E-state index >= 15 is 0 Å². The van der Waals surface area contributed by atoms with E-state index in [-0.39, 0.29) is 0 Å². The first-order valence-electron chi connectivity index (χ1n) is 2.06. The summed E-state index contributed by atoms with van der Waals surface area (Å²) in [6, 6.07) is 0. The van der Waals surface area contributed by atoms with Crippen LogP contribution in [0.1, 0.15) is 13.8 Å². The third-order valence-electron chi connectivity index (χ3n) is 0.463. The first kappa shape index (κ1) is 5.96. The first-order valence-corrected chi connectivity index (χ1v) is 2.53. The van der Waals surface area contributed by atoms with Crippen molar-refractivity contribution in [3.63, 3.8) is 0 Å². The van der Waals surface area contributed by atoms with Crippen molar-refractivity contribution in [2.24, 2.45) is 5.92 Å². The second kappa shape index (κ2) is 3.16. The van der Waals surface area contributed by atoms with Crippen molar-refractivity contribution in [3.05, 3.63) is 11.5 Å². The van der Waals surface area contributed by atoms with Gasteiger partial charge >= 0.3 is 0 Å².